The Kier molecular flexibility index (Phi) is 4.39. The lowest BCUT2D eigenvalue weighted by atomic mass is 10.0. The van der Waals surface area contributed by atoms with E-state index in [4.69, 9.17) is 11.6 Å². The minimum Gasteiger partial charge on any atom is -0.384 e. The molecule has 2 rings (SSSR count). The van der Waals surface area contributed by atoms with E-state index in [2.05, 4.69) is 22.9 Å². The van der Waals surface area contributed by atoms with Crippen molar-refractivity contribution in [2.24, 2.45) is 0 Å². The Morgan fingerprint density at radius 1 is 1.40 bits per heavy atom. The van der Waals surface area contributed by atoms with E-state index in [1.165, 1.54) is 0 Å². The smallest absolute Gasteiger partial charge is 0.103 e. The molecule has 1 N–H and O–H groups in total. The zero-order chi connectivity index (χ0) is 14.5. The molecule has 0 aliphatic heterocycles. The second-order valence-corrected chi connectivity index (χ2v) is 4.69. The predicted octanol–water partition coefficient (Wildman–Crippen LogP) is 3.85. The molecule has 0 saturated heterocycles. The highest BCUT2D eigenvalue weighted by molar-refractivity contribution is 6.30. The van der Waals surface area contributed by atoms with E-state index in [1.807, 2.05) is 31.2 Å². The van der Waals surface area contributed by atoms with Gasteiger partial charge < -0.3 is 5.32 Å². The molecule has 1 aromatic heterocycles. The maximum atomic E-state index is 9.28. The van der Waals surface area contributed by atoms with Crippen LogP contribution in [0.4, 0.5) is 0 Å². The van der Waals surface area contributed by atoms with Crippen molar-refractivity contribution in [3.63, 3.8) is 0 Å². The number of benzene rings is 1. The zero-order valence-corrected chi connectivity index (χ0v) is 11.9. The van der Waals surface area contributed by atoms with Crippen molar-refractivity contribution in [3.8, 4) is 17.2 Å². The van der Waals surface area contributed by atoms with Gasteiger partial charge in [0.05, 0.1) is 11.3 Å². The summed E-state index contributed by atoms with van der Waals surface area (Å²) in [7, 11) is 0. The van der Waals surface area contributed by atoms with Crippen LogP contribution in [-0.2, 0) is 0 Å². The van der Waals surface area contributed by atoms with Crippen molar-refractivity contribution in [2.75, 3.05) is 6.54 Å². The number of hydrogen-bond donors (Lipinski definition) is 1. The highest BCUT2D eigenvalue weighted by Gasteiger charge is 2.09. The summed E-state index contributed by atoms with van der Waals surface area (Å²) in [4.78, 5) is 4.35. The molecule has 0 aliphatic carbocycles. The van der Waals surface area contributed by atoms with Crippen LogP contribution in [0.25, 0.3) is 16.8 Å². The molecule has 0 unspecified atom stereocenters. The Labute approximate surface area is 123 Å². The maximum Gasteiger partial charge on any atom is 0.103 e. The number of rotatable bonds is 4. The highest BCUT2D eigenvalue weighted by atomic mass is 35.5. The van der Waals surface area contributed by atoms with Crippen LogP contribution in [0, 0.1) is 11.3 Å². The van der Waals surface area contributed by atoms with Crippen LogP contribution in [0.2, 0.25) is 5.02 Å². The van der Waals surface area contributed by atoms with Gasteiger partial charge in [-0.2, -0.15) is 5.26 Å². The number of nitrogens with zero attached hydrogens (tertiary/aromatic N) is 2. The molecule has 0 fully saturated rings. The van der Waals surface area contributed by atoms with Crippen LogP contribution >= 0.6 is 11.6 Å². The molecule has 0 bridgehead atoms. The van der Waals surface area contributed by atoms with Crippen molar-refractivity contribution in [2.45, 2.75) is 6.92 Å². The fourth-order valence-corrected chi connectivity index (χ4v) is 2.10. The molecular weight excluding hydrogens is 270 g/mol. The highest BCUT2D eigenvalue weighted by Crippen LogP contribution is 2.25. The first-order chi connectivity index (χ1) is 9.65. The van der Waals surface area contributed by atoms with Crippen LogP contribution in [0.15, 0.2) is 43.1 Å². The van der Waals surface area contributed by atoms with Gasteiger partial charge in [0, 0.05) is 23.3 Å². The number of nitriles is 1. The van der Waals surface area contributed by atoms with Crippen LogP contribution in [0.3, 0.4) is 0 Å². The Balaban J connectivity index is 2.45. The molecular formula is C16H14ClN3. The number of aromatic nitrogens is 1. The Morgan fingerprint density at radius 2 is 2.20 bits per heavy atom. The van der Waals surface area contributed by atoms with Gasteiger partial charge in [-0.1, -0.05) is 30.3 Å². The monoisotopic (exact) mass is 283 g/mol. The molecule has 0 atom stereocenters. The third-order valence-corrected chi connectivity index (χ3v) is 3.08. The number of hydrogen-bond acceptors (Lipinski definition) is 3. The second kappa shape index (κ2) is 6.23. The van der Waals surface area contributed by atoms with Crippen molar-refractivity contribution in [1.29, 1.82) is 5.26 Å². The lowest BCUT2D eigenvalue weighted by Gasteiger charge is -2.10. The summed E-state index contributed by atoms with van der Waals surface area (Å²) in [6.45, 7) is 6.60. The predicted molar refractivity (Wildman–Crippen MR) is 82.1 cm³/mol. The topological polar surface area (TPSA) is 48.7 Å². The molecule has 3 nitrogen and oxygen atoms in total. The molecule has 0 radical (unpaired) electrons. The fraction of sp³-hybridized carbons (Fsp3) is 0.125. The van der Waals surface area contributed by atoms with Gasteiger partial charge in [-0.15, -0.1) is 0 Å². The maximum absolute atomic E-state index is 9.28. The van der Waals surface area contributed by atoms with Gasteiger partial charge in [-0.05, 0) is 30.7 Å². The zero-order valence-electron chi connectivity index (χ0n) is 11.2. The average Bonchev–Trinajstić information content (AvgIpc) is 2.46. The summed E-state index contributed by atoms with van der Waals surface area (Å²) in [5.41, 5.74) is 3.52. The van der Waals surface area contributed by atoms with E-state index in [0.717, 1.165) is 17.7 Å². The van der Waals surface area contributed by atoms with Gasteiger partial charge in [-0.25, -0.2) is 0 Å². The van der Waals surface area contributed by atoms with E-state index in [1.54, 1.807) is 12.3 Å². The third-order valence-electron chi connectivity index (χ3n) is 2.84. The van der Waals surface area contributed by atoms with Gasteiger partial charge in [-0.3, -0.25) is 4.98 Å². The number of pyridine rings is 1. The first-order valence-corrected chi connectivity index (χ1v) is 6.62. The van der Waals surface area contributed by atoms with E-state index in [0.29, 0.717) is 22.0 Å². The summed E-state index contributed by atoms with van der Waals surface area (Å²) >= 11 is 5.98. The molecule has 100 valence electrons. The van der Waals surface area contributed by atoms with E-state index >= 15 is 0 Å². The van der Waals surface area contributed by atoms with Gasteiger partial charge >= 0.3 is 0 Å². The SMILES string of the molecule is C=C(NCC)c1ncc(-c2cccc(Cl)c2)cc1C#N. The van der Waals surface area contributed by atoms with E-state index in [9.17, 15) is 5.26 Å². The largest absolute Gasteiger partial charge is 0.384 e. The Bertz CT molecular complexity index is 686. The quantitative estimate of drug-likeness (QED) is 0.927. The molecule has 0 amide bonds. The van der Waals surface area contributed by atoms with E-state index < -0.39 is 0 Å². The standard InChI is InChI=1S/C16H14ClN3/c1-3-19-11(2)16-13(9-18)7-14(10-20-16)12-5-4-6-15(17)8-12/h4-8,10,19H,2-3H2,1H3. The minimum absolute atomic E-state index is 0.494. The van der Waals surface area contributed by atoms with E-state index in [-0.39, 0.29) is 0 Å². The molecule has 4 heteroatoms. The molecule has 1 aromatic carbocycles. The first-order valence-electron chi connectivity index (χ1n) is 6.25. The second-order valence-electron chi connectivity index (χ2n) is 4.25. The number of nitrogens with one attached hydrogen (secondary N) is 1. The van der Waals surface area contributed by atoms with Crippen molar-refractivity contribution in [3.05, 3.63) is 59.4 Å². The van der Waals surface area contributed by atoms with Crippen LogP contribution in [-0.4, -0.2) is 11.5 Å². The minimum atomic E-state index is 0.494. The van der Waals surface area contributed by atoms with Crippen LogP contribution in [0.1, 0.15) is 18.2 Å². The molecule has 0 aliphatic rings. The third kappa shape index (κ3) is 2.98. The molecule has 0 spiro atoms. The lowest BCUT2D eigenvalue weighted by molar-refractivity contribution is 0.932. The summed E-state index contributed by atoms with van der Waals surface area (Å²) in [5, 5.41) is 13.0. The van der Waals surface area contributed by atoms with Gasteiger partial charge in [0.1, 0.15) is 11.8 Å². The molecule has 1 heterocycles. The van der Waals surface area contributed by atoms with Gasteiger partial charge in [0.15, 0.2) is 0 Å². The average molecular weight is 284 g/mol. The summed E-state index contributed by atoms with van der Waals surface area (Å²) in [6.07, 6.45) is 1.73. The fourth-order valence-electron chi connectivity index (χ4n) is 1.91. The van der Waals surface area contributed by atoms with Crippen LogP contribution < -0.4 is 5.32 Å². The van der Waals surface area contributed by atoms with Crippen molar-refractivity contribution < 1.29 is 0 Å². The Hall–Kier alpha value is -2.31. The molecule has 0 saturated carbocycles. The summed E-state index contributed by atoms with van der Waals surface area (Å²) in [5.74, 6) is 0. The lowest BCUT2D eigenvalue weighted by Crippen LogP contribution is -2.12. The Morgan fingerprint density at radius 3 is 2.85 bits per heavy atom. The summed E-state index contributed by atoms with van der Waals surface area (Å²) in [6, 6.07) is 11.4. The van der Waals surface area contributed by atoms with Crippen molar-refractivity contribution >= 4 is 17.3 Å². The van der Waals surface area contributed by atoms with Crippen molar-refractivity contribution in [1.82, 2.24) is 10.3 Å². The first kappa shape index (κ1) is 14.1. The number of halogens is 1. The summed E-state index contributed by atoms with van der Waals surface area (Å²) < 4.78 is 0. The van der Waals surface area contributed by atoms with Gasteiger partial charge in [0.25, 0.3) is 0 Å². The molecule has 20 heavy (non-hydrogen) atoms. The molecule has 2 aromatic rings. The normalized spacial score (nSPS) is 9.85. The van der Waals surface area contributed by atoms with Gasteiger partial charge in [0.2, 0.25) is 0 Å². The van der Waals surface area contributed by atoms with Crippen LogP contribution in [0.5, 0.6) is 0 Å².